The normalized spacial score (nSPS) is 14.3. The van der Waals surface area contributed by atoms with Gasteiger partial charge in [-0.2, -0.15) is 0 Å². The summed E-state index contributed by atoms with van der Waals surface area (Å²) in [4.78, 5) is 0. The molecule has 0 bridgehead atoms. The highest BCUT2D eigenvalue weighted by atomic mass is 32.2. The number of para-hydroxylation sites is 1. The molecule has 1 aliphatic rings. The maximum Gasteiger partial charge on any atom is 0.147 e. The standard InChI is InChI=1S/C10H9N3S/c1-2-4-9-8(3-1)5-14-6-10-12-11-7-13(9)10/h1-4,7H,5-6H2. The van der Waals surface area contributed by atoms with E-state index in [1.165, 1.54) is 11.3 Å². The van der Waals surface area contributed by atoms with Gasteiger partial charge < -0.3 is 0 Å². The molecule has 1 aromatic heterocycles. The number of hydrogen-bond acceptors (Lipinski definition) is 3. The molecule has 0 radical (unpaired) electrons. The van der Waals surface area contributed by atoms with E-state index in [2.05, 4.69) is 39.0 Å². The Labute approximate surface area is 86.2 Å². The molecular formula is C10H9N3S. The lowest BCUT2D eigenvalue weighted by atomic mass is 10.2. The summed E-state index contributed by atoms with van der Waals surface area (Å²) < 4.78 is 2.08. The Morgan fingerprint density at radius 1 is 1.21 bits per heavy atom. The van der Waals surface area contributed by atoms with E-state index < -0.39 is 0 Å². The van der Waals surface area contributed by atoms with Crippen LogP contribution in [0.5, 0.6) is 0 Å². The number of rotatable bonds is 0. The van der Waals surface area contributed by atoms with Gasteiger partial charge >= 0.3 is 0 Å². The SMILES string of the molecule is c1ccc2c(c1)CSCc1nncn1-2. The Morgan fingerprint density at radius 2 is 2.14 bits per heavy atom. The van der Waals surface area contributed by atoms with Gasteiger partial charge in [-0.3, -0.25) is 4.57 Å². The van der Waals surface area contributed by atoms with Crippen LogP contribution in [0.4, 0.5) is 0 Å². The van der Waals surface area contributed by atoms with Crippen molar-refractivity contribution in [3.63, 3.8) is 0 Å². The first-order valence-corrected chi connectivity index (χ1v) is 5.65. The van der Waals surface area contributed by atoms with Crippen molar-refractivity contribution in [3.05, 3.63) is 42.0 Å². The molecule has 14 heavy (non-hydrogen) atoms. The van der Waals surface area contributed by atoms with Crippen molar-refractivity contribution in [1.29, 1.82) is 0 Å². The summed E-state index contributed by atoms with van der Waals surface area (Å²) in [6.45, 7) is 0. The van der Waals surface area contributed by atoms with Crippen molar-refractivity contribution in [2.75, 3.05) is 0 Å². The quantitative estimate of drug-likeness (QED) is 0.656. The molecule has 2 heterocycles. The van der Waals surface area contributed by atoms with Crippen LogP contribution in [0, 0.1) is 0 Å². The van der Waals surface area contributed by atoms with Crippen molar-refractivity contribution < 1.29 is 0 Å². The first-order valence-electron chi connectivity index (χ1n) is 4.50. The predicted molar refractivity (Wildman–Crippen MR) is 56.4 cm³/mol. The maximum atomic E-state index is 4.11. The lowest BCUT2D eigenvalue weighted by Gasteiger charge is -2.05. The highest BCUT2D eigenvalue weighted by Gasteiger charge is 2.13. The summed E-state index contributed by atoms with van der Waals surface area (Å²) in [6, 6.07) is 8.42. The summed E-state index contributed by atoms with van der Waals surface area (Å²) in [7, 11) is 0. The summed E-state index contributed by atoms with van der Waals surface area (Å²) in [6.07, 6.45) is 1.79. The Bertz CT molecular complexity index is 464. The highest BCUT2D eigenvalue weighted by molar-refractivity contribution is 7.97. The first kappa shape index (κ1) is 8.05. The van der Waals surface area contributed by atoms with Gasteiger partial charge in [-0.15, -0.1) is 22.0 Å². The Morgan fingerprint density at radius 3 is 3.14 bits per heavy atom. The predicted octanol–water partition coefficient (Wildman–Crippen LogP) is 2.01. The van der Waals surface area contributed by atoms with Crippen LogP contribution in [0.25, 0.3) is 5.69 Å². The van der Waals surface area contributed by atoms with Crippen molar-refractivity contribution in [2.24, 2.45) is 0 Å². The molecule has 1 aromatic carbocycles. The van der Waals surface area contributed by atoms with Crippen molar-refractivity contribution >= 4 is 11.8 Å². The van der Waals surface area contributed by atoms with Gasteiger partial charge in [0.1, 0.15) is 12.2 Å². The fraction of sp³-hybridized carbons (Fsp3) is 0.200. The van der Waals surface area contributed by atoms with Crippen LogP contribution >= 0.6 is 11.8 Å². The topological polar surface area (TPSA) is 30.7 Å². The average Bonchev–Trinajstić information content (AvgIpc) is 2.61. The van der Waals surface area contributed by atoms with Gasteiger partial charge in [0.15, 0.2) is 0 Å². The molecule has 0 saturated carbocycles. The van der Waals surface area contributed by atoms with Gasteiger partial charge in [-0.1, -0.05) is 18.2 Å². The van der Waals surface area contributed by atoms with E-state index in [-0.39, 0.29) is 0 Å². The molecule has 0 spiro atoms. The molecular weight excluding hydrogens is 194 g/mol. The first-order chi connectivity index (χ1) is 6.95. The van der Waals surface area contributed by atoms with Crippen LogP contribution in [-0.4, -0.2) is 14.8 Å². The third-order valence-electron chi connectivity index (χ3n) is 2.36. The Kier molecular flexibility index (Phi) is 1.80. The summed E-state index contributed by atoms with van der Waals surface area (Å²) >= 11 is 1.88. The minimum Gasteiger partial charge on any atom is -0.285 e. The molecule has 0 N–H and O–H groups in total. The van der Waals surface area contributed by atoms with E-state index in [9.17, 15) is 0 Å². The van der Waals surface area contributed by atoms with Gasteiger partial charge in [-0.25, -0.2) is 0 Å². The number of nitrogens with zero attached hydrogens (tertiary/aromatic N) is 3. The lowest BCUT2D eigenvalue weighted by molar-refractivity contribution is 0.956. The molecule has 2 aromatic rings. The van der Waals surface area contributed by atoms with E-state index in [0.29, 0.717) is 0 Å². The minimum atomic E-state index is 0.939. The second-order valence-electron chi connectivity index (χ2n) is 3.24. The summed E-state index contributed by atoms with van der Waals surface area (Å²) in [5.74, 6) is 3.04. The molecule has 0 aliphatic carbocycles. The van der Waals surface area contributed by atoms with Crippen molar-refractivity contribution in [2.45, 2.75) is 11.5 Å². The minimum absolute atomic E-state index is 0.939. The fourth-order valence-electron chi connectivity index (χ4n) is 1.68. The zero-order valence-electron chi connectivity index (χ0n) is 7.55. The van der Waals surface area contributed by atoms with Gasteiger partial charge in [0, 0.05) is 5.75 Å². The van der Waals surface area contributed by atoms with Crippen molar-refractivity contribution in [1.82, 2.24) is 14.8 Å². The largest absolute Gasteiger partial charge is 0.285 e. The smallest absolute Gasteiger partial charge is 0.147 e. The third-order valence-corrected chi connectivity index (χ3v) is 3.34. The fourth-order valence-corrected chi connectivity index (χ4v) is 2.62. The number of fused-ring (bicyclic) bond motifs is 3. The van der Waals surface area contributed by atoms with Gasteiger partial charge in [-0.05, 0) is 11.6 Å². The van der Waals surface area contributed by atoms with Crippen LogP contribution in [-0.2, 0) is 11.5 Å². The summed E-state index contributed by atoms with van der Waals surface area (Å²) in [5.41, 5.74) is 2.58. The van der Waals surface area contributed by atoms with Crippen LogP contribution in [0.2, 0.25) is 0 Å². The van der Waals surface area contributed by atoms with Crippen LogP contribution < -0.4 is 0 Å². The number of thioether (sulfide) groups is 1. The van der Waals surface area contributed by atoms with E-state index in [1.807, 2.05) is 11.8 Å². The molecule has 0 fully saturated rings. The Balaban J connectivity index is 2.27. The van der Waals surface area contributed by atoms with Gasteiger partial charge in [0.2, 0.25) is 0 Å². The van der Waals surface area contributed by atoms with E-state index in [0.717, 1.165) is 17.3 Å². The molecule has 70 valence electrons. The number of hydrogen-bond donors (Lipinski definition) is 0. The molecule has 0 amide bonds. The zero-order valence-corrected chi connectivity index (χ0v) is 8.37. The lowest BCUT2D eigenvalue weighted by Crippen LogP contribution is -1.98. The summed E-state index contributed by atoms with van der Waals surface area (Å²) in [5, 5.41) is 8.05. The number of benzene rings is 1. The van der Waals surface area contributed by atoms with E-state index in [4.69, 9.17) is 0 Å². The van der Waals surface area contributed by atoms with Crippen LogP contribution in [0.3, 0.4) is 0 Å². The molecule has 1 aliphatic heterocycles. The molecule has 0 saturated heterocycles. The van der Waals surface area contributed by atoms with Crippen molar-refractivity contribution in [3.8, 4) is 5.69 Å². The second-order valence-corrected chi connectivity index (χ2v) is 4.22. The van der Waals surface area contributed by atoms with E-state index >= 15 is 0 Å². The van der Waals surface area contributed by atoms with E-state index in [1.54, 1.807) is 6.33 Å². The second kappa shape index (κ2) is 3.13. The number of aromatic nitrogens is 3. The molecule has 4 heteroatoms. The molecule has 3 nitrogen and oxygen atoms in total. The zero-order chi connectivity index (χ0) is 9.38. The van der Waals surface area contributed by atoms with Gasteiger partial charge in [0.05, 0.1) is 11.4 Å². The van der Waals surface area contributed by atoms with Crippen LogP contribution in [0.15, 0.2) is 30.6 Å². The van der Waals surface area contributed by atoms with Gasteiger partial charge in [0.25, 0.3) is 0 Å². The highest BCUT2D eigenvalue weighted by Crippen LogP contribution is 2.27. The average molecular weight is 203 g/mol. The molecule has 3 rings (SSSR count). The third kappa shape index (κ3) is 1.14. The van der Waals surface area contributed by atoms with Crippen LogP contribution in [0.1, 0.15) is 11.4 Å². The Hall–Kier alpha value is -1.29. The maximum absolute atomic E-state index is 4.11. The monoisotopic (exact) mass is 203 g/mol. The molecule has 0 unspecified atom stereocenters. The molecule has 0 atom stereocenters.